The molecule has 0 aliphatic heterocycles. The number of thioether (sulfide) groups is 1. The fourth-order valence-electron chi connectivity index (χ4n) is 0.852. The minimum Gasteiger partial charge on any atom is -0.123 e. The van der Waals surface area contributed by atoms with Crippen LogP contribution >= 0.6 is 11.8 Å². The minimum atomic E-state index is 0.644. The molecule has 0 saturated heterocycles. The van der Waals surface area contributed by atoms with Gasteiger partial charge in [-0.25, -0.2) is 0 Å². The van der Waals surface area contributed by atoms with Crippen molar-refractivity contribution < 1.29 is 0 Å². The molecule has 0 aromatic heterocycles. The molecule has 0 heterocycles. The van der Waals surface area contributed by atoms with E-state index in [2.05, 4.69) is 32.0 Å². The molecule has 0 aliphatic rings. The highest BCUT2D eigenvalue weighted by atomic mass is 32.2. The van der Waals surface area contributed by atoms with Crippen molar-refractivity contribution in [1.29, 1.82) is 0 Å². The predicted octanol–water partition coefficient (Wildman–Crippen LogP) is 3.10. The Kier molecular flexibility index (Phi) is 2.84. The Morgan fingerprint density at radius 2 is 2.18 bits per heavy atom. The normalized spacial score (nSPS) is 9.82. The first-order chi connectivity index (χ1) is 5.18. The van der Waals surface area contributed by atoms with Gasteiger partial charge in [0.25, 0.3) is 0 Å². The molecule has 1 aromatic rings. The third-order valence-electron chi connectivity index (χ3n) is 1.21. The van der Waals surface area contributed by atoms with Gasteiger partial charge >= 0.3 is 0 Å². The van der Waals surface area contributed by atoms with Gasteiger partial charge in [0, 0.05) is 21.8 Å². The van der Waals surface area contributed by atoms with Crippen LogP contribution in [0.25, 0.3) is 0 Å². The van der Waals surface area contributed by atoms with Crippen LogP contribution in [0.2, 0.25) is 0 Å². The van der Waals surface area contributed by atoms with E-state index in [0.29, 0.717) is 5.25 Å². The van der Waals surface area contributed by atoms with Crippen LogP contribution in [0.15, 0.2) is 17.0 Å². The van der Waals surface area contributed by atoms with Crippen molar-refractivity contribution in [2.24, 2.45) is 0 Å². The second kappa shape index (κ2) is 3.69. The third-order valence-corrected chi connectivity index (χ3v) is 2.19. The Bertz CT molecular complexity index is 228. The Balaban J connectivity index is 2.71. The molecule has 58 valence electrons. The van der Waals surface area contributed by atoms with Crippen molar-refractivity contribution in [1.82, 2.24) is 0 Å². The molecule has 0 nitrogen and oxygen atoms in total. The van der Waals surface area contributed by atoms with E-state index in [9.17, 15) is 0 Å². The van der Waals surface area contributed by atoms with Crippen LogP contribution in [0.4, 0.5) is 0 Å². The molecule has 0 aliphatic carbocycles. The molecular formula is C10H12S. The van der Waals surface area contributed by atoms with Crippen LogP contribution in [-0.4, -0.2) is 5.25 Å². The summed E-state index contributed by atoms with van der Waals surface area (Å²) in [6, 6.07) is 10.1. The molecule has 0 saturated carbocycles. The monoisotopic (exact) mass is 164 g/mol. The molecule has 11 heavy (non-hydrogen) atoms. The molecule has 0 N–H and O–H groups in total. The van der Waals surface area contributed by atoms with Gasteiger partial charge in [-0.05, 0) is 13.0 Å². The summed E-state index contributed by atoms with van der Waals surface area (Å²) in [6.45, 7) is 6.42. The molecular weight excluding hydrogens is 152 g/mol. The van der Waals surface area contributed by atoms with E-state index in [1.807, 2.05) is 24.8 Å². The highest BCUT2D eigenvalue weighted by molar-refractivity contribution is 7.99. The molecule has 0 fully saturated rings. The summed E-state index contributed by atoms with van der Waals surface area (Å²) < 4.78 is 0. The number of hydrogen-bond donors (Lipinski definition) is 0. The largest absolute Gasteiger partial charge is 0.123 e. The first kappa shape index (κ1) is 8.49. The Morgan fingerprint density at radius 3 is 2.73 bits per heavy atom. The molecule has 1 heteroatoms. The van der Waals surface area contributed by atoms with Crippen molar-refractivity contribution in [2.45, 2.75) is 30.9 Å². The van der Waals surface area contributed by atoms with Crippen molar-refractivity contribution in [3.63, 3.8) is 0 Å². The Labute approximate surface area is 73.0 Å². The summed E-state index contributed by atoms with van der Waals surface area (Å²) in [7, 11) is 0. The fraction of sp³-hybridized carbons (Fsp3) is 0.400. The van der Waals surface area contributed by atoms with E-state index in [0.717, 1.165) is 5.56 Å². The zero-order valence-electron chi connectivity index (χ0n) is 7.14. The maximum atomic E-state index is 3.01. The van der Waals surface area contributed by atoms with Crippen LogP contribution in [0.1, 0.15) is 19.4 Å². The topological polar surface area (TPSA) is 0 Å². The molecule has 0 radical (unpaired) electrons. The first-order valence-electron chi connectivity index (χ1n) is 3.75. The Hall–Kier alpha value is -0.610. The molecule has 0 amide bonds. The lowest BCUT2D eigenvalue weighted by atomic mass is 10.3. The zero-order chi connectivity index (χ0) is 8.27. The second-order valence-corrected chi connectivity index (χ2v) is 4.46. The van der Waals surface area contributed by atoms with E-state index in [-0.39, 0.29) is 0 Å². The van der Waals surface area contributed by atoms with E-state index in [1.54, 1.807) is 0 Å². The van der Waals surface area contributed by atoms with Crippen LogP contribution < -0.4 is 0 Å². The lowest BCUT2D eigenvalue weighted by Gasteiger charge is -2.02. The van der Waals surface area contributed by atoms with Crippen LogP contribution in [-0.2, 0) is 0 Å². The predicted molar refractivity (Wildman–Crippen MR) is 49.8 cm³/mol. The van der Waals surface area contributed by atoms with Gasteiger partial charge in [-0.2, -0.15) is 0 Å². The van der Waals surface area contributed by atoms with E-state index in [1.165, 1.54) is 4.90 Å². The molecule has 1 rings (SSSR count). The third kappa shape index (κ3) is 2.86. The lowest BCUT2D eigenvalue weighted by molar-refractivity contribution is 1.11. The Morgan fingerprint density at radius 1 is 1.45 bits per heavy atom. The smallest absolute Gasteiger partial charge is 0.0167 e. The van der Waals surface area contributed by atoms with Gasteiger partial charge in [0.2, 0.25) is 0 Å². The van der Waals surface area contributed by atoms with Crippen molar-refractivity contribution >= 4 is 11.8 Å². The summed E-state index contributed by atoms with van der Waals surface area (Å²) >= 11 is 1.86. The van der Waals surface area contributed by atoms with Gasteiger partial charge in [0.05, 0.1) is 0 Å². The molecule has 0 unspecified atom stereocenters. The SMILES string of the molecule is Cc1c#ccc(SC(C)C)c1. The van der Waals surface area contributed by atoms with Crippen molar-refractivity contribution in [3.05, 3.63) is 29.8 Å². The summed E-state index contributed by atoms with van der Waals surface area (Å²) in [4.78, 5) is 1.29. The highest BCUT2D eigenvalue weighted by Crippen LogP contribution is 2.21. The van der Waals surface area contributed by atoms with E-state index < -0.39 is 0 Å². The van der Waals surface area contributed by atoms with Gasteiger partial charge in [-0.1, -0.05) is 26.0 Å². The van der Waals surface area contributed by atoms with Gasteiger partial charge in [0.15, 0.2) is 0 Å². The van der Waals surface area contributed by atoms with Gasteiger partial charge < -0.3 is 0 Å². The number of rotatable bonds is 2. The average molecular weight is 164 g/mol. The van der Waals surface area contributed by atoms with Gasteiger partial charge in [0.1, 0.15) is 0 Å². The van der Waals surface area contributed by atoms with Crippen molar-refractivity contribution in [2.75, 3.05) is 0 Å². The fourth-order valence-corrected chi connectivity index (χ4v) is 1.77. The van der Waals surface area contributed by atoms with Crippen LogP contribution in [0, 0.1) is 19.1 Å². The number of hydrogen-bond acceptors (Lipinski definition) is 1. The molecule has 0 atom stereocenters. The second-order valence-electron chi connectivity index (χ2n) is 2.81. The first-order valence-corrected chi connectivity index (χ1v) is 4.63. The van der Waals surface area contributed by atoms with Crippen LogP contribution in [0.3, 0.4) is 0 Å². The number of aryl methyl sites for hydroxylation is 1. The molecule has 0 spiro atoms. The summed E-state index contributed by atoms with van der Waals surface area (Å²) in [5, 5.41) is 0.644. The summed E-state index contributed by atoms with van der Waals surface area (Å²) in [5.74, 6) is 0. The molecule has 1 aromatic carbocycles. The van der Waals surface area contributed by atoms with Gasteiger partial charge in [-0.3, -0.25) is 0 Å². The van der Waals surface area contributed by atoms with E-state index >= 15 is 0 Å². The summed E-state index contributed by atoms with van der Waals surface area (Å²) in [6.07, 6.45) is 0. The molecule has 0 bridgehead atoms. The zero-order valence-corrected chi connectivity index (χ0v) is 7.96. The maximum Gasteiger partial charge on any atom is 0.0167 e. The average Bonchev–Trinajstić information content (AvgIpc) is 1.85. The quantitative estimate of drug-likeness (QED) is 0.605. The highest BCUT2D eigenvalue weighted by Gasteiger charge is 1.96. The van der Waals surface area contributed by atoms with Crippen molar-refractivity contribution in [3.8, 4) is 0 Å². The minimum absolute atomic E-state index is 0.644. The summed E-state index contributed by atoms with van der Waals surface area (Å²) in [5.41, 5.74) is 1.16. The standard InChI is InChI=1S/C10H12S/c1-8(2)11-10-6-4-5-9(3)7-10/h6-8H,1-3H3. The maximum absolute atomic E-state index is 3.01. The lowest BCUT2D eigenvalue weighted by Crippen LogP contribution is -1.84. The van der Waals surface area contributed by atoms with Crippen LogP contribution in [0.5, 0.6) is 0 Å². The van der Waals surface area contributed by atoms with E-state index in [4.69, 9.17) is 0 Å². The van der Waals surface area contributed by atoms with Gasteiger partial charge in [-0.15, -0.1) is 11.8 Å².